The molecule has 2 fully saturated rings. The fourth-order valence-electron chi connectivity index (χ4n) is 3.52. The molecule has 0 aromatic heterocycles. The van der Waals surface area contributed by atoms with Crippen LogP contribution in [0.4, 0.5) is 0 Å². The summed E-state index contributed by atoms with van der Waals surface area (Å²) >= 11 is 0. The number of nitrogens with one attached hydrogen (secondary N) is 1. The van der Waals surface area contributed by atoms with E-state index in [2.05, 4.69) is 24.1 Å². The number of hydrogen-bond acceptors (Lipinski definition) is 2. The van der Waals surface area contributed by atoms with Crippen molar-refractivity contribution in [1.82, 2.24) is 10.2 Å². The van der Waals surface area contributed by atoms with Crippen LogP contribution in [0.2, 0.25) is 0 Å². The van der Waals surface area contributed by atoms with Crippen LogP contribution in [0.1, 0.15) is 65.2 Å². The van der Waals surface area contributed by atoms with Crippen molar-refractivity contribution in [2.45, 2.75) is 77.3 Å². The lowest BCUT2D eigenvalue weighted by Gasteiger charge is -2.26. The number of hydrogen-bond donors (Lipinski definition) is 1. The predicted molar refractivity (Wildman–Crippen MR) is 78.9 cm³/mol. The van der Waals surface area contributed by atoms with Gasteiger partial charge in [-0.15, -0.1) is 0 Å². The van der Waals surface area contributed by atoms with Gasteiger partial charge in [-0.05, 0) is 70.5 Å². The van der Waals surface area contributed by atoms with Crippen molar-refractivity contribution >= 4 is 0 Å². The maximum Gasteiger partial charge on any atom is 0.00964 e. The fraction of sp³-hybridized carbons (Fsp3) is 1.00. The van der Waals surface area contributed by atoms with Crippen molar-refractivity contribution in [1.29, 1.82) is 0 Å². The SMILES string of the molecule is CCCNC1CCCC1CCN(CCC)C1CC1. The van der Waals surface area contributed by atoms with Crippen molar-refractivity contribution in [2.24, 2.45) is 5.92 Å². The van der Waals surface area contributed by atoms with E-state index in [1.165, 1.54) is 71.0 Å². The van der Waals surface area contributed by atoms with E-state index >= 15 is 0 Å². The molecule has 2 saturated carbocycles. The Labute approximate surface area is 114 Å². The maximum absolute atomic E-state index is 3.76. The zero-order valence-corrected chi connectivity index (χ0v) is 12.5. The summed E-state index contributed by atoms with van der Waals surface area (Å²) in [6.45, 7) is 8.48. The number of rotatable bonds is 9. The van der Waals surface area contributed by atoms with Gasteiger partial charge in [0.25, 0.3) is 0 Å². The van der Waals surface area contributed by atoms with Crippen LogP contribution in [0.25, 0.3) is 0 Å². The summed E-state index contributed by atoms with van der Waals surface area (Å²) in [5, 5.41) is 3.76. The third-order valence-corrected chi connectivity index (χ3v) is 4.68. The van der Waals surface area contributed by atoms with E-state index in [1.807, 2.05) is 0 Å². The van der Waals surface area contributed by atoms with Crippen molar-refractivity contribution < 1.29 is 0 Å². The normalized spacial score (nSPS) is 28.2. The summed E-state index contributed by atoms with van der Waals surface area (Å²) < 4.78 is 0. The third kappa shape index (κ3) is 4.24. The minimum absolute atomic E-state index is 0.827. The molecule has 2 heteroatoms. The molecule has 2 aliphatic rings. The molecule has 1 N–H and O–H groups in total. The zero-order chi connectivity index (χ0) is 12.8. The van der Waals surface area contributed by atoms with Gasteiger partial charge in [-0.2, -0.15) is 0 Å². The van der Waals surface area contributed by atoms with Crippen LogP contribution in [0.3, 0.4) is 0 Å². The highest BCUT2D eigenvalue weighted by Gasteiger charge is 2.31. The Morgan fingerprint density at radius 1 is 1.00 bits per heavy atom. The minimum Gasteiger partial charge on any atom is -0.314 e. The molecule has 0 aromatic rings. The Kier molecular flexibility index (Phi) is 5.97. The van der Waals surface area contributed by atoms with Gasteiger partial charge < -0.3 is 10.2 Å². The van der Waals surface area contributed by atoms with Crippen LogP contribution in [0.5, 0.6) is 0 Å². The lowest BCUT2D eigenvalue weighted by molar-refractivity contribution is 0.232. The van der Waals surface area contributed by atoms with Gasteiger partial charge in [-0.25, -0.2) is 0 Å². The second-order valence-electron chi connectivity index (χ2n) is 6.31. The Morgan fingerprint density at radius 2 is 1.83 bits per heavy atom. The molecule has 2 atom stereocenters. The van der Waals surface area contributed by atoms with E-state index in [1.54, 1.807) is 0 Å². The number of nitrogens with zero attached hydrogens (tertiary/aromatic N) is 1. The molecule has 18 heavy (non-hydrogen) atoms. The topological polar surface area (TPSA) is 15.3 Å². The monoisotopic (exact) mass is 252 g/mol. The second-order valence-corrected chi connectivity index (χ2v) is 6.31. The highest BCUT2D eigenvalue weighted by atomic mass is 15.2. The first-order valence-corrected chi connectivity index (χ1v) is 8.32. The van der Waals surface area contributed by atoms with E-state index < -0.39 is 0 Å². The maximum atomic E-state index is 3.76. The molecule has 0 aromatic carbocycles. The van der Waals surface area contributed by atoms with Crippen molar-refractivity contribution in [3.05, 3.63) is 0 Å². The quantitative estimate of drug-likeness (QED) is 0.676. The molecule has 0 saturated heterocycles. The molecule has 0 heterocycles. The minimum atomic E-state index is 0.827. The first kappa shape index (κ1) is 14.3. The standard InChI is InChI=1S/C16H32N2/c1-3-11-17-16-7-5-6-14(16)10-13-18(12-4-2)15-8-9-15/h14-17H,3-13H2,1-2H3. The van der Waals surface area contributed by atoms with Gasteiger partial charge in [0, 0.05) is 12.1 Å². The lowest BCUT2D eigenvalue weighted by atomic mass is 9.99. The molecule has 2 unspecified atom stereocenters. The van der Waals surface area contributed by atoms with Gasteiger partial charge in [0.1, 0.15) is 0 Å². The molecule has 0 spiro atoms. The Morgan fingerprint density at radius 3 is 2.50 bits per heavy atom. The largest absolute Gasteiger partial charge is 0.314 e. The summed E-state index contributed by atoms with van der Waals surface area (Å²) in [5.41, 5.74) is 0. The molecule has 2 nitrogen and oxygen atoms in total. The summed E-state index contributed by atoms with van der Waals surface area (Å²) in [6, 6.07) is 1.78. The average Bonchev–Trinajstić information content (AvgIpc) is 3.12. The van der Waals surface area contributed by atoms with Crippen molar-refractivity contribution in [2.75, 3.05) is 19.6 Å². The predicted octanol–water partition coefficient (Wildman–Crippen LogP) is 3.42. The molecule has 0 bridgehead atoms. The summed E-state index contributed by atoms with van der Waals surface area (Å²) in [5.74, 6) is 0.953. The summed E-state index contributed by atoms with van der Waals surface area (Å²) in [4.78, 5) is 2.76. The van der Waals surface area contributed by atoms with Gasteiger partial charge in [0.15, 0.2) is 0 Å². The van der Waals surface area contributed by atoms with Crippen molar-refractivity contribution in [3.8, 4) is 0 Å². The highest BCUT2D eigenvalue weighted by Crippen LogP contribution is 2.31. The average molecular weight is 252 g/mol. The Bertz CT molecular complexity index is 225. The molecular formula is C16H32N2. The molecular weight excluding hydrogens is 220 g/mol. The lowest BCUT2D eigenvalue weighted by Crippen LogP contribution is -2.36. The van der Waals surface area contributed by atoms with Crippen molar-refractivity contribution in [3.63, 3.8) is 0 Å². The molecule has 2 aliphatic carbocycles. The first-order chi connectivity index (χ1) is 8.85. The Balaban J connectivity index is 1.70. The summed E-state index contributed by atoms with van der Waals surface area (Å²) in [6.07, 6.45) is 11.3. The summed E-state index contributed by atoms with van der Waals surface area (Å²) in [7, 11) is 0. The van der Waals surface area contributed by atoms with Crippen LogP contribution in [-0.2, 0) is 0 Å². The van der Waals surface area contributed by atoms with E-state index in [0.717, 1.165) is 18.0 Å². The molecule has 0 amide bonds. The first-order valence-electron chi connectivity index (χ1n) is 8.32. The van der Waals surface area contributed by atoms with E-state index in [4.69, 9.17) is 0 Å². The fourth-order valence-corrected chi connectivity index (χ4v) is 3.52. The highest BCUT2D eigenvalue weighted by molar-refractivity contribution is 4.87. The molecule has 106 valence electrons. The zero-order valence-electron chi connectivity index (χ0n) is 12.5. The third-order valence-electron chi connectivity index (χ3n) is 4.68. The van der Waals surface area contributed by atoms with Crippen LogP contribution in [0, 0.1) is 5.92 Å². The molecule has 0 aliphatic heterocycles. The van der Waals surface area contributed by atoms with Crippen LogP contribution in [0.15, 0.2) is 0 Å². The van der Waals surface area contributed by atoms with Crippen LogP contribution < -0.4 is 5.32 Å². The van der Waals surface area contributed by atoms with Crippen LogP contribution >= 0.6 is 0 Å². The van der Waals surface area contributed by atoms with Gasteiger partial charge in [-0.3, -0.25) is 0 Å². The molecule has 0 radical (unpaired) electrons. The van der Waals surface area contributed by atoms with Gasteiger partial charge >= 0.3 is 0 Å². The smallest absolute Gasteiger partial charge is 0.00964 e. The Hall–Kier alpha value is -0.0800. The van der Waals surface area contributed by atoms with Gasteiger partial charge in [0.05, 0.1) is 0 Å². The van der Waals surface area contributed by atoms with E-state index in [0.29, 0.717) is 0 Å². The second kappa shape index (κ2) is 7.49. The van der Waals surface area contributed by atoms with E-state index in [-0.39, 0.29) is 0 Å². The van der Waals surface area contributed by atoms with E-state index in [9.17, 15) is 0 Å². The van der Waals surface area contributed by atoms with Gasteiger partial charge in [0.2, 0.25) is 0 Å². The van der Waals surface area contributed by atoms with Crippen LogP contribution in [-0.4, -0.2) is 36.6 Å². The van der Waals surface area contributed by atoms with Gasteiger partial charge in [-0.1, -0.05) is 20.3 Å². The molecule has 2 rings (SSSR count).